The van der Waals surface area contributed by atoms with Crippen LogP contribution in [0.1, 0.15) is 5.69 Å². The maximum Gasteiger partial charge on any atom is 0.141 e. The summed E-state index contributed by atoms with van der Waals surface area (Å²) in [6.07, 6.45) is 3.54. The highest BCUT2D eigenvalue weighted by atomic mass is 16.5. The first-order valence-corrected chi connectivity index (χ1v) is 5.57. The van der Waals surface area contributed by atoms with Crippen LogP contribution >= 0.6 is 0 Å². The number of aromatic nitrogens is 2. The minimum atomic E-state index is 0.127. The number of likely N-dealkylation sites (tertiary alicyclic amines) is 1. The van der Waals surface area contributed by atoms with Crippen molar-refractivity contribution in [2.24, 2.45) is 0 Å². The Bertz CT molecular complexity index is 345. The van der Waals surface area contributed by atoms with Gasteiger partial charge in [0.05, 0.1) is 30.3 Å². The number of hydrogen-bond acceptors (Lipinski definition) is 6. The lowest BCUT2D eigenvalue weighted by Gasteiger charge is -2.13. The van der Waals surface area contributed by atoms with Crippen LogP contribution in [-0.4, -0.2) is 54.4 Å². The fraction of sp³-hybridized carbons (Fsp3) is 0.636. The van der Waals surface area contributed by atoms with Crippen LogP contribution in [0.15, 0.2) is 12.4 Å². The lowest BCUT2D eigenvalue weighted by Crippen LogP contribution is -2.27. The van der Waals surface area contributed by atoms with Gasteiger partial charge in [-0.2, -0.15) is 0 Å². The molecule has 0 aromatic carbocycles. The van der Waals surface area contributed by atoms with Crippen LogP contribution in [0, 0.1) is 0 Å². The zero-order valence-electron chi connectivity index (χ0n) is 10.2. The van der Waals surface area contributed by atoms with Gasteiger partial charge in [-0.05, 0) is 0 Å². The normalized spacial score (nSPS) is 25.3. The zero-order chi connectivity index (χ0) is 12.3. The van der Waals surface area contributed by atoms with E-state index in [-0.39, 0.29) is 12.2 Å². The number of ether oxygens (including phenoxy) is 2. The van der Waals surface area contributed by atoms with Crippen LogP contribution in [0.2, 0.25) is 0 Å². The van der Waals surface area contributed by atoms with Gasteiger partial charge in [0.1, 0.15) is 5.82 Å². The molecule has 2 N–H and O–H groups in total. The van der Waals surface area contributed by atoms with E-state index in [4.69, 9.17) is 15.2 Å². The summed E-state index contributed by atoms with van der Waals surface area (Å²) in [6, 6.07) is 0. The number of nitrogen functional groups attached to an aromatic ring is 1. The molecule has 2 rings (SSSR count). The van der Waals surface area contributed by atoms with Crippen molar-refractivity contribution in [1.82, 2.24) is 14.9 Å². The number of methoxy groups -OCH3 is 2. The Labute approximate surface area is 101 Å². The smallest absolute Gasteiger partial charge is 0.141 e. The van der Waals surface area contributed by atoms with Crippen molar-refractivity contribution >= 4 is 5.82 Å². The number of nitrogens with zero attached hydrogens (tertiary/aromatic N) is 3. The van der Waals surface area contributed by atoms with Crippen molar-refractivity contribution in [2.45, 2.75) is 18.8 Å². The van der Waals surface area contributed by atoms with Crippen molar-refractivity contribution in [3.63, 3.8) is 0 Å². The summed E-state index contributed by atoms with van der Waals surface area (Å²) >= 11 is 0. The Kier molecular flexibility index (Phi) is 3.88. The standard InChI is InChI=1S/C11H18N4O2/c1-16-9-6-15(7-10(9)17-2)5-8-3-14-11(12)4-13-8/h3-4,9-10H,5-7H2,1-2H3,(H2,12,14). The number of hydrogen-bond donors (Lipinski definition) is 1. The number of nitrogens with two attached hydrogens (primary N) is 1. The minimum absolute atomic E-state index is 0.127. The molecule has 1 aliphatic heterocycles. The Balaban J connectivity index is 1.94. The molecule has 6 heteroatoms. The molecule has 1 aliphatic rings. The van der Waals surface area contributed by atoms with E-state index in [1.807, 2.05) is 0 Å². The van der Waals surface area contributed by atoms with E-state index in [1.54, 1.807) is 26.6 Å². The molecule has 0 radical (unpaired) electrons. The van der Waals surface area contributed by atoms with Gasteiger partial charge in [0.15, 0.2) is 0 Å². The molecule has 1 saturated heterocycles. The average Bonchev–Trinajstić information content (AvgIpc) is 2.74. The molecular formula is C11H18N4O2. The third-order valence-electron chi connectivity index (χ3n) is 3.01. The molecule has 0 aliphatic carbocycles. The zero-order valence-corrected chi connectivity index (χ0v) is 10.2. The van der Waals surface area contributed by atoms with Crippen molar-refractivity contribution in [3.05, 3.63) is 18.1 Å². The largest absolute Gasteiger partial charge is 0.382 e. The first-order chi connectivity index (χ1) is 8.22. The van der Waals surface area contributed by atoms with Gasteiger partial charge in [-0.25, -0.2) is 4.98 Å². The SMILES string of the molecule is COC1CN(Cc2cnc(N)cn2)CC1OC. The molecule has 1 aromatic rings. The molecule has 0 amide bonds. The quantitative estimate of drug-likeness (QED) is 0.790. The highest BCUT2D eigenvalue weighted by Crippen LogP contribution is 2.17. The molecule has 94 valence electrons. The van der Waals surface area contributed by atoms with Crippen LogP contribution in [0.5, 0.6) is 0 Å². The molecular weight excluding hydrogens is 220 g/mol. The monoisotopic (exact) mass is 238 g/mol. The lowest BCUT2D eigenvalue weighted by atomic mass is 10.3. The van der Waals surface area contributed by atoms with Gasteiger partial charge >= 0.3 is 0 Å². The number of anilines is 1. The second kappa shape index (κ2) is 5.39. The summed E-state index contributed by atoms with van der Waals surface area (Å²) < 4.78 is 10.8. The van der Waals surface area contributed by atoms with Crippen LogP contribution in [0.3, 0.4) is 0 Å². The highest BCUT2D eigenvalue weighted by Gasteiger charge is 2.32. The molecule has 2 heterocycles. The van der Waals surface area contributed by atoms with E-state index in [0.29, 0.717) is 5.82 Å². The Morgan fingerprint density at radius 1 is 1.24 bits per heavy atom. The summed E-state index contributed by atoms with van der Waals surface area (Å²) in [5.41, 5.74) is 6.40. The van der Waals surface area contributed by atoms with Gasteiger partial charge < -0.3 is 15.2 Å². The summed E-state index contributed by atoms with van der Waals surface area (Å²) in [5, 5.41) is 0. The highest BCUT2D eigenvalue weighted by molar-refractivity contribution is 5.22. The Morgan fingerprint density at radius 3 is 2.35 bits per heavy atom. The summed E-state index contributed by atoms with van der Waals surface area (Å²) in [5.74, 6) is 0.444. The van der Waals surface area contributed by atoms with Gasteiger partial charge in [-0.3, -0.25) is 9.88 Å². The van der Waals surface area contributed by atoms with Gasteiger partial charge in [-0.15, -0.1) is 0 Å². The van der Waals surface area contributed by atoms with Crippen molar-refractivity contribution in [1.29, 1.82) is 0 Å². The summed E-state index contributed by atoms with van der Waals surface area (Å²) in [7, 11) is 3.42. The predicted molar refractivity (Wildman–Crippen MR) is 63.3 cm³/mol. The maximum atomic E-state index is 5.49. The van der Waals surface area contributed by atoms with Crippen molar-refractivity contribution in [3.8, 4) is 0 Å². The second-order valence-corrected chi connectivity index (χ2v) is 4.17. The third kappa shape index (κ3) is 2.91. The predicted octanol–water partition coefficient (Wildman–Crippen LogP) is -0.0956. The van der Waals surface area contributed by atoms with Gasteiger partial charge in [0.2, 0.25) is 0 Å². The lowest BCUT2D eigenvalue weighted by molar-refractivity contribution is -0.00461. The Hall–Kier alpha value is -1.24. The minimum Gasteiger partial charge on any atom is -0.382 e. The average molecular weight is 238 g/mol. The molecule has 17 heavy (non-hydrogen) atoms. The molecule has 6 nitrogen and oxygen atoms in total. The third-order valence-corrected chi connectivity index (χ3v) is 3.01. The van der Waals surface area contributed by atoms with E-state index < -0.39 is 0 Å². The van der Waals surface area contributed by atoms with Crippen molar-refractivity contribution < 1.29 is 9.47 Å². The van der Waals surface area contributed by atoms with Crippen molar-refractivity contribution in [2.75, 3.05) is 33.0 Å². The first-order valence-electron chi connectivity index (χ1n) is 5.57. The summed E-state index contributed by atoms with van der Waals surface area (Å²) in [6.45, 7) is 2.44. The van der Waals surface area contributed by atoms with Crippen LogP contribution in [0.4, 0.5) is 5.82 Å². The van der Waals surface area contributed by atoms with E-state index in [9.17, 15) is 0 Å². The van der Waals surface area contributed by atoms with Gasteiger partial charge in [0, 0.05) is 33.9 Å². The molecule has 0 saturated carbocycles. The number of rotatable bonds is 4. The maximum absolute atomic E-state index is 5.49. The molecule has 1 fully saturated rings. The fourth-order valence-electron chi connectivity index (χ4n) is 2.08. The molecule has 1 aromatic heterocycles. The first kappa shape index (κ1) is 12.2. The van der Waals surface area contributed by atoms with Crippen LogP contribution in [0.25, 0.3) is 0 Å². The topological polar surface area (TPSA) is 73.5 Å². The van der Waals surface area contributed by atoms with E-state index >= 15 is 0 Å². The second-order valence-electron chi connectivity index (χ2n) is 4.17. The van der Waals surface area contributed by atoms with Gasteiger partial charge in [0.25, 0.3) is 0 Å². The molecule has 2 unspecified atom stereocenters. The van der Waals surface area contributed by atoms with Crippen LogP contribution in [-0.2, 0) is 16.0 Å². The fourth-order valence-corrected chi connectivity index (χ4v) is 2.08. The molecule has 0 bridgehead atoms. The van der Waals surface area contributed by atoms with Crippen LogP contribution < -0.4 is 5.73 Å². The van der Waals surface area contributed by atoms with E-state index in [1.165, 1.54) is 0 Å². The van der Waals surface area contributed by atoms with Gasteiger partial charge in [-0.1, -0.05) is 0 Å². The Morgan fingerprint density at radius 2 is 1.88 bits per heavy atom. The molecule has 2 atom stereocenters. The summed E-state index contributed by atoms with van der Waals surface area (Å²) in [4.78, 5) is 10.5. The van der Waals surface area contributed by atoms with E-state index in [0.717, 1.165) is 25.3 Å². The van der Waals surface area contributed by atoms with E-state index in [2.05, 4.69) is 14.9 Å². The molecule has 0 spiro atoms.